The first-order chi connectivity index (χ1) is 27.8. The van der Waals surface area contributed by atoms with Crippen molar-refractivity contribution in [3.63, 3.8) is 0 Å². The third kappa shape index (κ3) is 20.4. The minimum absolute atomic E-state index is 0. The van der Waals surface area contributed by atoms with E-state index in [-0.39, 0.29) is 33.6 Å². The summed E-state index contributed by atoms with van der Waals surface area (Å²) in [6.45, 7) is 10.6. The SMILES string of the molecule is C=N[P+](N=C)(N=C)N=P(N(C)C)(N(C)C)N(C)C.CN(C)P(=N[P+](N(C)C)(N(C)C)N(C)C)(N(C)C)N(C)C.CN(C)P(N(C)C)N(C)C.CN(C)[P+](N(C)C)(N(C)C)N(C)C.[BH4-].[BH4-].[BH4-]. The molecule has 0 heterocycles. The Morgan fingerprint density at radius 3 is 0.585 bits per heavy atom. The van der Waals surface area contributed by atoms with E-state index in [1.54, 1.807) is 0 Å². The molecule has 0 rings (SSSR count). The van der Waals surface area contributed by atoms with Gasteiger partial charge in [-0.15, -0.1) is 32.7 Å². The van der Waals surface area contributed by atoms with Crippen molar-refractivity contribution in [1.29, 1.82) is 0 Å². The van der Waals surface area contributed by atoms with Crippen LogP contribution in [0.1, 0.15) is 0 Å². The largest absolute Gasteiger partial charge is 0.493 e. The molecule has 0 N–H and O–H groups in total. The van der Waals surface area contributed by atoms with Crippen LogP contribution < -0.4 is 0 Å². The Labute approximate surface area is 414 Å². The van der Waals surface area contributed by atoms with Crippen molar-refractivity contribution in [2.75, 3.05) is 226 Å². The van der Waals surface area contributed by atoms with Crippen LogP contribution in [0.5, 0.6) is 0 Å². The molecular weight excluding hydrogens is 933 g/mol. The number of hydrogen-bond donors (Lipinski definition) is 0. The highest BCUT2D eigenvalue weighted by Gasteiger charge is 2.53. The summed E-state index contributed by atoms with van der Waals surface area (Å²) in [5, 5.41) is 0. The van der Waals surface area contributed by atoms with E-state index in [0.29, 0.717) is 0 Å². The van der Waals surface area contributed by atoms with E-state index < -0.39 is 38.6 Å². The number of rotatable bonds is 21. The van der Waals surface area contributed by atoms with E-state index in [2.05, 4.69) is 292 Å². The van der Waals surface area contributed by atoms with E-state index in [9.17, 15) is 0 Å². The van der Waals surface area contributed by atoms with Gasteiger partial charge in [0.15, 0.2) is 0 Å². The summed E-state index contributed by atoms with van der Waals surface area (Å²) in [7, 11) is 56.6. The quantitative estimate of drug-likeness (QED) is 0.0947. The summed E-state index contributed by atoms with van der Waals surface area (Å²) in [6, 6.07) is 0. The Morgan fingerprint density at radius 2 is 0.492 bits per heavy atom. The molecule has 65 heavy (non-hydrogen) atoms. The Bertz CT molecular complexity index is 1240. The van der Waals surface area contributed by atoms with Gasteiger partial charge in [0.05, 0.1) is 0 Å². The topological polar surface area (TPSA) is 114 Å². The smallest absolute Gasteiger partial charge is 0.264 e. The lowest BCUT2D eigenvalue weighted by molar-refractivity contribution is 0.384. The first kappa shape index (κ1) is 79.9. The summed E-state index contributed by atoms with van der Waals surface area (Å²) >= 11 is 0. The second-order valence-electron chi connectivity index (χ2n) is 17.1. The molecule has 0 bridgehead atoms. The highest BCUT2D eigenvalue weighted by atomic mass is 31.2. The molecule has 0 unspecified atom stereocenters. The highest BCUT2D eigenvalue weighted by molar-refractivity contribution is 7.78. The standard InChI is InChI=1S/C12H36N7P2.C9H24N7P2.C8H24N4P.C6H18N3P.3BH4/c1-14(2)20(15(3)4,16(5)6)13-21(17(7)8,18(9)10)19(11)12;1-10-17(11-2,12-3)13-18(14(4)5,15(6)7)16(8)9;1-9(2)13(10(3)4,11(5)6)12(7)8;1-7(2)10(8(3)4)9(5)6;;;/h1-12H3;1-3H2,4-9H3;1-8H3;1-6H3;3*1H4/q3*+1;;3*-1. The molecule has 0 radical (unpaired) electrons. The minimum Gasteiger partial charge on any atom is -0.264 e. The third-order valence-electron chi connectivity index (χ3n) is 9.10. The normalized spacial score (nSPS) is 12.9. The molecule has 0 aromatic carbocycles. The average Bonchev–Trinajstić information content (AvgIpc) is 3.08. The summed E-state index contributed by atoms with van der Waals surface area (Å²) in [6.07, 6.45) is 0. The summed E-state index contributed by atoms with van der Waals surface area (Å²) in [5.74, 6) is 0. The van der Waals surface area contributed by atoms with Gasteiger partial charge in [-0.25, -0.2) is 28.0 Å². The fourth-order valence-corrected chi connectivity index (χ4v) is 29.9. The fourth-order valence-electron chi connectivity index (χ4n) is 7.70. The molecule has 0 amide bonds. The van der Waals surface area contributed by atoms with Gasteiger partial charge in [0.1, 0.15) is 8.37 Å². The Morgan fingerprint density at radius 1 is 0.308 bits per heavy atom. The van der Waals surface area contributed by atoms with Crippen LogP contribution in [0.4, 0.5) is 0 Å². The van der Waals surface area contributed by atoms with Gasteiger partial charge in [-0.05, 0) is 136 Å². The van der Waals surface area contributed by atoms with Gasteiger partial charge in [0.25, 0.3) is 0 Å². The lowest BCUT2D eigenvalue weighted by Crippen LogP contribution is -2.43. The van der Waals surface area contributed by atoms with Crippen LogP contribution in [0, 0.1) is 0 Å². The second-order valence-corrected chi connectivity index (χ2v) is 38.1. The number of hydrogen-bond acceptors (Lipinski definition) is 15. The van der Waals surface area contributed by atoms with Crippen molar-refractivity contribution >= 4 is 92.4 Å². The van der Waals surface area contributed by atoms with Gasteiger partial charge in [0.2, 0.25) is 15.0 Å². The van der Waals surface area contributed by atoms with Gasteiger partial charge >= 0.3 is 23.6 Å². The maximum Gasteiger partial charge on any atom is 0.493 e. The van der Waals surface area contributed by atoms with Crippen LogP contribution in [0.25, 0.3) is 0 Å². The molecule has 0 spiro atoms. The zero-order valence-corrected chi connectivity index (χ0v) is 51.6. The first-order valence-electron chi connectivity index (χ1n) is 19.9. The van der Waals surface area contributed by atoms with Crippen molar-refractivity contribution in [2.45, 2.75) is 0 Å². The molecular formula is C35H114B3N21P6. The van der Waals surface area contributed by atoms with Gasteiger partial charge in [-0.3, -0.25) is 14.0 Å². The van der Waals surface area contributed by atoms with Gasteiger partial charge < -0.3 is 0 Å². The highest BCUT2D eigenvalue weighted by Crippen LogP contribution is 2.74. The molecule has 0 atom stereocenters. The fraction of sp³-hybridized carbons (Fsp3) is 0.914. The molecule has 0 fully saturated rings. The minimum atomic E-state index is -2.63. The molecule has 21 nitrogen and oxygen atoms in total. The van der Waals surface area contributed by atoms with Crippen molar-refractivity contribution in [1.82, 2.24) is 74.7 Å². The van der Waals surface area contributed by atoms with Crippen LogP contribution in [0.3, 0.4) is 0 Å². The predicted octanol–water partition coefficient (Wildman–Crippen LogP) is 1.83. The van der Waals surface area contributed by atoms with Gasteiger partial charge in [-0.1, -0.05) is 39.5 Å². The van der Waals surface area contributed by atoms with Crippen molar-refractivity contribution in [2.24, 2.45) is 23.3 Å². The third-order valence-corrected chi connectivity index (χ3v) is 30.2. The summed E-state index contributed by atoms with van der Waals surface area (Å²) in [5.41, 5.74) is 0. The van der Waals surface area contributed by atoms with Gasteiger partial charge in [0, 0.05) is 119 Å². The molecule has 0 aromatic heterocycles. The van der Waals surface area contributed by atoms with Crippen LogP contribution in [0.15, 0.2) is 23.3 Å². The molecule has 0 aliphatic rings. The van der Waals surface area contributed by atoms with Crippen molar-refractivity contribution < 1.29 is 0 Å². The molecule has 30 heteroatoms. The Balaban J connectivity index is -0.000000140. The van der Waals surface area contributed by atoms with Crippen molar-refractivity contribution in [3.8, 4) is 0 Å². The van der Waals surface area contributed by atoms with Crippen LogP contribution >= 0.6 is 47.0 Å². The lowest BCUT2D eigenvalue weighted by Gasteiger charge is -2.43. The van der Waals surface area contributed by atoms with E-state index >= 15 is 0 Å². The molecule has 0 aromatic rings. The van der Waals surface area contributed by atoms with E-state index in [1.165, 1.54) is 0 Å². The maximum atomic E-state index is 5.51. The zero-order chi connectivity index (χ0) is 50.9. The monoisotopic (exact) mass is 1050 g/mol. The molecule has 0 aliphatic carbocycles. The molecule has 0 aliphatic heterocycles. The Hall–Kier alpha value is 0.745. The van der Waals surface area contributed by atoms with E-state index in [1.807, 2.05) is 42.3 Å². The Kier molecular flexibility index (Phi) is 43.0. The van der Waals surface area contributed by atoms with Crippen LogP contribution in [-0.2, 0) is 0 Å². The molecule has 0 saturated heterocycles. The van der Waals surface area contributed by atoms with Gasteiger partial charge in [-0.2, -0.15) is 0 Å². The molecule has 0 saturated carbocycles. The summed E-state index contributed by atoms with van der Waals surface area (Å²) in [4.78, 5) is 0. The zero-order valence-electron chi connectivity index (χ0n) is 46.2. The van der Waals surface area contributed by atoms with E-state index in [4.69, 9.17) is 9.03 Å². The average molecular weight is 1050 g/mol. The van der Waals surface area contributed by atoms with Crippen molar-refractivity contribution in [3.05, 3.63) is 0 Å². The van der Waals surface area contributed by atoms with Crippen LogP contribution in [-0.4, -0.2) is 346 Å². The predicted molar refractivity (Wildman–Crippen MR) is 328 cm³/mol. The first-order valence-corrected chi connectivity index (χ1v) is 29.1. The van der Waals surface area contributed by atoms with E-state index in [0.717, 1.165) is 0 Å². The molecule has 398 valence electrons. The number of nitrogens with zero attached hydrogens (tertiary/aromatic N) is 21. The summed E-state index contributed by atoms with van der Waals surface area (Å²) < 4.78 is 57.9. The lowest BCUT2D eigenvalue weighted by atomic mass is 10.8. The maximum absolute atomic E-state index is 5.51. The second kappa shape index (κ2) is 35.0. The van der Waals surface area contributed by atoms with Crippen LogP contribution in [0.2, 0.25) is 0 Å².